The zero-order valence-electron chi connectivity index (χ0n) is 10.4. The van der Waals surface area contributed by atoms with Crippen molar-refractivity contribution in [2.75, 3.05) is 14.2 Å². The second-order valence-electron chi connectivity index (χ2n) is 5.28. The molecule has 0 radical (unpaired) electrons. The third-order valence-electron chi connectivity index (χ3n) is 3.72. The van der Waals surface area contributed by atoms with Crippen LogP contribution < -0.4 is 0 Å². The minimum Gasteiger partial charge on any atom is -0.467 e. The molecule has 1 unspecified atom stereocenters. The summed E-state index contributed by atoms with van der Waals surface area (Å²) in [5.74, 6) is 0.191. The Labute approximate surface area is 96.2 Å². The monoisotopic (exact) mass is 228 g/mol. The Morgan fingerprint density at radius 1 is 1.44 bits per heavy atom. The maximum absolute atomic E-state index is 11.8. The lowest BCUT2D eigenvalue weighted by molar-refractivity contribution is -0.147. The van der Waals surface area contributed by atoms with E-state index in [0.29, 0.717) is 5.92 Å². The van der Waals surface area contributed by atoms with Crippen molar-refractivity contribution in [1.29, 1.82) is 0 Å². The molecule has 92 valence electrons. The van der Waals surface area contributed by atoms with E-state index in [0.717, 1.165) is 19.3 Å². The van der Waals surface area contributed by atoms with E-state index >= 15 is 0 Å². The molecule has 0 aromatic rings. The topological polar surface area (TPSA) is 48.1 Å². The van der Waals surface area contributed by atoms with E-state index in [1.165, 1.54) is 7.11 Å². The third-order valence-corrected chi connectivity index (χ3v) is 3.72. The highest BCUT2D eigenvalue weighted by Crippen LogP contribution is 2.63. The normalized spacial score (nSPS) is 40.9. The molecule has 1 aliphatic carbocycles. The van der Waals surface area contributed by atoms with E-state index < -0.39 is 5.60 Å². The highest BCUT2D eigenvalue weighted by Gasteiger charge is 2.79. The van der Waals surface area contributed by atoms with Crippen LogP contribution in [0.1, 0.15) is 33.1 Å². The molecule has 0 aromatic heterocycles. The van der Waals surface area contributed by atoms with Crippen molar-refractivity contribution in [1.82, 2.24) is 0 Å². The Bertz CT molecular complexity index is 293. The number of methoxy groups -OCH3 is 2. The molecule has 0 aromatic carbocycles. The van der Waals surface area contributed by atoms with E-state index in [-0.39, 0.29) is 17.7 Å². The summed E-state index contributed by atoms with van der Waals surface area (Å²) in [6, 6.07) is 0. The number of hydrogen-bond donors (Lipinski definition) is 0. The number of ether oxygens (including phenoxy) is 3. The van der Waals surface area contributed by atoms with Crippen molar-refractivity contribution in [2.45, 2.75) is 50.4 Å². The minimum absolute atomic E-state index is 0.226. The van der Waals surface area contributed by atoms with Gasteiger partial charge in [0.2, 0.25) is 0 Å². The van der Waals surface area contributed by atoms with Gasteiger partial charge in [-0.3, -0.25) is 0 Å². The summed E-state index contributed by atoms with van der Waals surface area (Å²) in [6.07, 6.45) is 2.59. The SMILES string of the molecule is COC(=O)C1(CC(C)C)OC12CC(OC)C2. The molecular weight excluding hydrogens is 208 g/mol. The van der Waals surface area contributed by atoms with E-state index in [4.69, 9.17) is 14.2 Å². The number of esters is 1. The maximum atomic E-state index is 11.8. The fraction of sp³-hybridized carbons (Fsp3) is 0.917. The molecule has 1 atom stereocenters. The van der Waals surface area contributed by atoms with Gasteiger partial charge in [0.1, 0.15) is 5.60 Å². The van der Waals surface area contributed by atoms with Crippen LogP contribution >= 0.6 is 0 Å². The molecule has 4 nitrogen and oxygen atoms in total. The third kappa shape index (κ3) is 1.47. The average molecular weight is 228 g/mol. The van der Waals surface area contributed by atoms with Gasteiger partial charge in [0, 0.05) is 20.0 Å². The Kier molecular flexibility index (Phi) is 2.75. The lowest BCUT2D eigenvalue weighted by atomic mass is 9.71. The Morgan fingerprint density at radius 2 is 2.06 bits per heavy atom. The lowest BCUT2D eigenvalue weighted by Crippen LogP contribution is -2.47. The highest BCUT2D eigenvalue weighted by molar-refractivity contribution is 5.85. The van der Waals surface area contributed by atoms with Crippen molar-refractivity contribution >= 4 is 5.97 Å². The smallest absolute Gasteiger partial charge is 0.341 e. The molecule has 16 heavy (non-hydrogen) atoms. The van der Waals surface area contributed by atoms with Crippen LogP contribution in [0.25, 0.3) is 0 Å². The predicted molar refractivity (Wildman–Crippen MR) is 58.0 cm³/mol. The van der Waals surface area contributed by atoms with Gasteiger partial charge in [-0.25, -0.2) is 4.79 Å². The summed E-state index contributed by atoms with van der Waals surface area (Å²) < 4.78 is 15.9. The van der Waals surface area contributed by atoms with Gasteiger partial charge in [-0.15, -0.1) is 0 Å². The first-order valence-electron chi connectivity index (χ1n) is 5.81. The summed E-state index contributed by atoms with van der Waals surface area (Å²) >= 11 is 0. The lowest BCUT2D eigenvalue weighted by Gasteiger charge is -2.34. The van der Waals surface area contributed by atoms with Crippen molar-refractivity contribution < 1.29 is 19.0 Å². The van der Waals surface area contributed by atoms with Crippen molar-refractivity contribution in [2.24, 2.45) is 5.92 Å². The van der Waals surface area contributed by atoms with Gasteiger partial charge in [-0.2, -0.15) is 0 Å². The van der Waals surface area contributed by atoms with Gasteiger partial charge in [0.05, 0.1) is 13.2 Å². The summed E-state index contributed by atoms with van der Waals surface area (Å²) in [5, 5.41) is 0. The average Bonchev–Trinajstić information content (AvgIpc) is 2.83. The van der Waals surface area contributed by atoms with E-state index in [9.17, 15) is 4.79 Å². The molecule has 0 N–H and O–H groups in total. The summed E-state index contributed by atoms with van der Waals surface area (Å²) in [5.41, 5.74) is -0.976. The zero-order valence-corrected chi connectivity index (χ0v) is 10.4. The molecule has 0 amide bonds. The fourth-order valence-electron chi connectivity index (χ4n) is 2.84. The standard InChI is InChI=1S/C12H20O4/c1-8(2)5-12(10(13)15-4)11(16-12)6-9(7-11)14-3/h8-9H,5-7H2,1-4H3. The number of hydrogen-bond acceptors (Lipinski definition) is 4. The van der Waals surface area contributed by atoms with Crippen LogP contribution in [-0.4, -0.2) is 37.5 Å². The molecule has 1 heterocycles. The van der Waals surface area contributed by atoms with Gasteiger partial charge < -0.3 is 14.2 Å². The van der Waals surface area contributed by atoms with Crippen LogP contribution in [0.3, 0.4) is 0 Å². The summed E-state index contributed by atoms with van der Waals surface area (Å²) in [7, 11) is 3.12. The minimum atomic E-state index is -0.690. The van der Waals surface area contributed by atoms with Crippen molar-refractivity contribution in [3.05, 3.63) is 0 Å². The fourth-order valence-corrected chi connectivity index (χ4v) is 2.84. The Morgan fingerprint density at radius 3 is 2.50 bits per heavy atom. The van der Waals surface area contributed by atoms with Gasteiger partial charge >= 0.3 is 5.97 Å². The van der Waals surface area contributed by atoms with Crippen LogP contribution in [0.15, 0.2) is 0 Å². The van der Waals surface area contributed by atoms with Crippen LogP contribution in [0.2, 0.25) is 0 Å². The van der Waals surface area contributed by atoms with Gasteiger partial charge in [0.25, 0.3) is 0 Å². The van der Waals surface area contributed by atoms with Crippen LogP contribution in [0.5, 0.6) is 0 Å². The van der Waals surface area contributed by atoms with Gasteiger partial charge in [0.15, 0.2) is 5.60 Å². The summed E-state index contributed by atoms with van der Waals surface area (Å²) in [4.78, 5) is 11.8. The van der Waals surface area contributed by atoms with Crippen LogP contribution in [-0.2, 0) is 19.0 Å². The van der Waals surface area contributed by atoms with Gasteiger partial charge in [-0.05, 0) is 12.3 Å². The van der Waals surface area contributed by atoms with Gasteiger partial charge in [-0.1, -0.05) is 13.8 Å². The van der Waals surface area contributed by atoms with E-state index in [1.807, 2.05) is 0 Å². The highest BCUT2D eigenvalue weighted by atomic mass is 16.7. The summed E-state index contributed by atoms with van der Waals surface area (Å²) in [6.45, 7) is 4.18. The van der Waals surface area contributed by atoms with Crippen LogP contribution in [0, 0.1) is 5.92 Å². The quantitative estimate of drug-likeness (QED) is 0.540. The largest absolute Gasteiger partial charge is 0.467 e. The number of rotatable bonds is 4. The van der Waals surface area contributed by atoms with E-state index in [2.05, 4.69) is 13.8 Å². The molecule has 0 bridgehead atoms. The Balaban J connectivity index is 2.07. The molecule has 1 saturated heterocycles. The maximum Gasteiger partial charge on any atom is 0.341 e. The zero-order chi connectivity index (χ0) is 12.0. The Hall–Kier alpha value is -0.610. The molecule has 1 spiro atoms. The van der Waals surface area contributed by atoms with E-state index in [1.54, 1.807) is 7.11 Å². The number of carbonyl (C=O) groups is 1. The van der Waals surface area contributed by atoms with Crippen molar-refractivity contribution in [3.8, 4) is 0 Å². The van der Waals surface area contributed by atoms with Crippen molar-refractivity contribution in [3.63, 3.8) is 0 Å². The second-order valence-corrected chi connectivity index (χ2v) is 5.28. The molecule has 2 aliphatic rings. The first-order chi connectivity index (χ1) is 7.49. The molecule has 1 aliphatic heterocycles. The number of epoxide rings is 1. The molecule has 2 rings (SSSR count). The first kappa shape index (κ1) is 11.9. The predicted octanol–water partition coefficient (Wildman–Crippen LogP) is 1.52. The molecule has 1 saturated carbocycles. The van der Waals surface area contributed by atoms with Crippen LogP contribution in [0.4, 0.5) is 0 Å². The molecule has 2 fully saturated rings. The second kappa shape index (κ2) is 3.70. The first-order valence-corrected chi connectivity index (χ1v) is 5.81. The molecular formula is C12H20O4. The molecule has 4 heteroatoms. The number of carbonyl (C=O) groups excluding carboxylic acids is 1.